The molecule has 8 nitrogen and oxygen atoms in total. The van der Waals surface area contributed by atoms with Crippen molar-refractivity contribution in [1.82, 2.24) is 19.9 Å². The van der Waals surface area contributed by atoms with Gasteiger partial charge in [-0.3, -0.25) is 0 Å². The highest BCUT2D eigenvalue weighted by molar-refractivity contribution is 5.96. The summed E-state index contributed by atoms with van der Waals surface area (Å²) in [6.45, 7) is 0. The molecular weight excluding hydrogens is 1390 g/mol. The number of hydrogen-bond acceptors (Lipinski definition) is 8. The highest BCUT2D eigenvalue weighted by Gasteiger charge is 2.53. The van der Waals surface area contributed by atoms with Crippen molar-refractivity contribution in [2.75, 3.05) is 0 Å². The van der Waals surface area contributed by atoms with Crippen LogP contribution in [0.4, 0.5) is 0 Å². The zero-order valence-corrected chi connectivity index (χ0v) is 61.3. The number of aromatic nitrogens is 4. The van der Waals surface area contributed by atoms with Gasteiger partial charge in [0, 0.05) is 61.2 Å². The zero-order valence-electron chi connectivity index (χ0n) is 61.3. The minimum atomic E-state index is -0.759. The summed E-state index contributed by atoms with van der Waals surface area (Å²) in [5.74, 6) is 4.46. The molecule has 0 bridgehead atoms. The maximum Gasteiger partial charge on any atom is 0.160 e. The maximum absolute atomic E-state index is 11.2. The van der Waals surface area contributed by atoms with Crippen LogP contribution in [0.15, 0.2) is 376 Å². The molecule has 0 radical (unpaired) electrons. The Balaban J connectivity index is 0.672. The van der Waals surface area contributed by atoms with Crippen LogP contribution < -0.4 is 9.47 Å². The molecule has 114 heavy (non-hydrogen) atoms. The van der Waals surface area contributed by atoms with Crippen molar-refractivity contribution in [2.24, 2.45) is 0 Å². The summed E-state index contributed by atoms with van der Waals surface area (Å²) in [7, 11) is 0. The van der Waals surface area contributed by atoms with Crippen LogP contribution in [0.3, 0.4) is 0 Å². The van der Waals surface area contributed by atoms with Gasteiger partial charge in [0.25, 0.3) is 0 Å². The van der Waals surface area contributed by atoms with Crippen LogP contribution >= 0.6 is 0 Å². The number of para-hydroxylation sites is 4. The predicted molar refractivity (Wildman–Crippen MR) is 454 cm³/mol. The minimum Gasteiger partial charge on any atom is -0.457 e. The van der Waals surface area contributed by atoms with Gasteiger partial charge < -0.3 is 9.47 Å². The molecule has 0 atom stereocenters. The van der Waals surface area contributed by atoms with Crippen LogP contribution in [0.1, 0.15) is 55.6 Å². The Labute approximate surface area is 658 Å². The van der Waals surface area contributed by atoms with E-state index in [2.05, 4.69) is 315 Å². The Morgan fingerprint density at radius 2 is 0.553 bits per heavy atom. The number of ether oxygens (including phenoxy) is 2. The fraction of sp³-hybridized carbons (Fsp3) is 0.0189. The molecule has 18 aromatic rings. The normalized spacial score (nSPS) is 13.0. The van der Waals surface area contributed by atoms with E-state index in [9.17, 15) is 10.5 Å². The summed E-state index contributed by atoms with van der Waals surface area (Å²) >= 11 is 0. The summed E-state index contributed by atoms with van der Waals surface area (Å²) in [6.07, 6.45) is 0. The van der Waals surface area contributed by atoms with Crippen molar-refractivity contribution in [3.8, 4) is 170 Å². The highest BCUT2D eigenvalue weighted by Crippen LogP contribution is 2.65. The molecule has 0 fully saturated rings. The zero-order chi connectivity index (χ0) is 75.6. The van der Waals surface area contributed by atoms with E-state index in [0.717, 1.165) is 201 Å². The molecule has 2 aliphatic heterocycles. The van der Waals surface area contributed by atoms with Crippen LogP contribution in [-0.4, -0.2) is 19.9 Å². The highest BCUT2D eigenvalue weighted by atomic mass is 16.5. The number of fused-ring (bicyclic) bond motifs is 19. The van der Waals surface area contributed by atoms with Gasteiger partial charge in [-0.15, -0.1) is 0 Å². The molecule has 528 valence electrons. The van der Waals surface area contributed by atoms with Crippen LogP contribution in [0.25, 0.3) is 145 Å². The second-order valence-corrected chi connectivity index (χ2v) is 29.7. The predicted octanol–water partition coefficient (Wildman–Crippen LogP) is 25.8. The molecule has 22 rings (SSSR count). The number of benzene rings is 16. The Kier molecular flexibility index (Phi) is 15.0. The summed E-state index contributed by atoms with van der Waals surface area (Å²) in [5, 5.41) is 23.5. The quantitative estimate of drug-likeness (QED) is 0.133. The lowest BCUT2D eigenvalue weighted by Gasteiger charge is -2.39. The van der Waals surface area contributed by atoms with Gasteiger partial charge >= 0.3 is 0 Å². The first kappa shape index (κ1) is 65.6. The van der Waals surface area contributed by atoms with E-state index in [0.29, 0.717) is 22.8 Å². The topological polar surface area (TPSA) is 118 Å². The molecule has 0 N–H and O–H groups in total. The average Bonchev–Trinajstić information content (AvgIpc) is 1.51. The lowest BCUT2D eigenvalue weighted by Crippen LogP contribution is -2.32. The third-order valence-corrected chi connectivity index (χ3v) is 23.5. The minimum absolute atomic E-state index is 0.560. The van der Waals surface area contributed by atoms with Gasteiger partial charge in [-0.25, -0.2) is 19.9 Å². The molecule has 4 heterocycles. The van der Waals surface area contributed by atoms with E-state index in [1.165, 1.54) is 0 Å². The Morgan fingerprint density at radius 3 is 1.09 bits per heavy atom. The second-order valence-electron chi connectivity index (χ2n) is 29.7. The van der Waals surface area contributed by atoms with Crippen LogP contribution in [0.2, 0.25) is 0 Å². The van der Waals surface area contributed by atoms with Gasteiger partial charge in [-0.2, -0.15) is 10.5 Å². The fourth-order valence-corrected chi connectivity index (χ4v) is 18.3. The lowest BCUT2D eigenvalue weighted by atomic mass is 9.66. The standard InChI is InChI=1S/C106H62N6O2/c107-63-65-19-17-26-71(53-65)75-45-49-87-83(57-75)85-59-77(47-51-89(85)105(87)91-29-9-13-33-99(91)113-100-34-14-10-30-92(100)105)98-62-96(110-103(111-98)79-28-18-27-73(54-79)66-20-3-1-4-21-66)70-40-37-68(38-41-70)74-42-44-81(64-108)82(56-74)76-46-50-88-84(58-76)86-60-78(48-52-90(86)106(88)93-31-11-15-35-101(93)114-102-36-16-12-32-94(102)106)97-61-95(69-23-5-2-6-24-69)109-104(112-97)80-43-39-67-22-7-8-25-72(67)55-80/h1-62H. The average molecular weight is 1450 g/mol. The fourth-order valence-electron chi connectivity index (χ4n) is 18.3. The number of nitriles is 2. The summed E-state index contributed by atoms with van der Waals surface area (Å²) in [5.41, 5.74) is 29.3. The van der Waals surface area contributed by atoms with E-state index >= 15 is 0 Å². The number of hydrogen-bond donors (Lipinski definition) is 0. The van der Waals surface area contributed by atoms with Crippen LogP contribution in [0.5, 0.6) is 23.0 Å². The number of rotatable bonds is 10. The number of nitrogens with zero attached hydrogens (tertiary/aromatic N) is 6. The SMILES string of the molecule is N#Cc1cccc(-c2ccc3c(c2)-c2cc(-c4cc(-c5ccc(-c6ccc(C#N)c(-c7ccc8c(c7)-c7cc(-c9cc(-c%10ccccc%10)nc(-c%10ccc%11ccccc%11c%10)n9)ccc7C87c8ccccc8Oc8ccccc87)c6)cc5)nc(-c5cccc(-c6ccccc6)c5)n4)ccc2C32c3ccccc3Oc3ccccc32)c1. The summed E-state index contributed by atoms with van der Waals surface area (Å²) in [4.78, 5) is 21.7. The van der Waals surface area contributed by atoms with Crippen molar-refractivity contribution in [3.05, 3.63) is 432 Å². The summed E-state index contributed by atoms with van der Waals surface area (Å²) in [6, 6.07) is 137. The van der Waals surface area contributed by atoms with Crippen LogP contribution in [0, 0.1) is 22.7 Å². The first-order valence-electron chi connectivity index (χ1n) is 38.3. The van der Waals surface area contributed by atoms with Crippen LogP contribution in [-0.2, 0) is 10.8 Å². The summed E-state index contributed by atoms with van der Waals surface area (Å²) < 4.78 is 13.6. The first-order valence-corrected chi connectivity index (χ1v) is 38.3. The van der Waals surface area contributed by atoms with Crippen molar-refractivity contribution < 1.29 is 9.47 Å². The molecule has 2 spiro atoms. The van der Waals surface area contributed by atoms with Crippen molar-refractivity contribution in [1.29, 1.82) is 10.5 Å². The first-order chi connectivity index (χ1) is 56.3. The van der Waals surface area contributed by atoms with Crippen molar-refractivity contribution in [3.63, 3.8) is 0 Å². The Bertz CT molecular complexity index is 7060. The molecule has 0 amide bonds. The molecule has 2 aromatic heterocycles. The second kappa shape index (κ2) is 26.1. The lowest BCUT2D eigenvalue weighted by molar-refractivity contribution is 0.436. The molecule has 4 aliphatic rings. The monoisotopic (exact) mass is 1450 g/mol. The van der Waals surface area contributed by atoms with E-state index in [1.807, 2.05) is 72.8 Å². The Morgan fingerprint density at radius 1 is 0.211 bits per heavy atom. The molecular formula is C106H62N6O2. The van der Waals surface area contributed by atoms with Crippen molar-refractivity contribution >= 4 is 10.8 Å². The largest absolute Gasteiger partial charge is 0.457 e. The van der Waals surface area contributed by atoms with Gasteiger partial charge in [0.05, 0.1) is 56.9 Å². The van der Waals surface area contributed by atoms with E-state index in [1.54, 1.807) is 0 Å². The molecule has 0 unspecified atom stereocenters. The smallest absolute Gasteiger partial charge is 0.160 e. The van der Waals surface area contributed by atoms with Gasteiger partial charge in [-0.05, 0) is 191 Å². The van der Waals surface area contributed by atoms with Gasteiger partial charge in [-0.1, -0.05) is 279 Å². The van der Waals surface area contributed by atoms with E-state index in [4.69, 9.17) is 29.4 Å². The maximum atomic E-state index is 11.2. The Hall–Kier alpha value is -15.5. The molecule has 8 heteroatoms. The third-order valence-electron chi connectivity index (χ3n) is 23.5. The van der Waals surface area contributed by atoms with Gasteiger partial charge in [0.2, 0.25) is 0 Å². The van der Waals surface area contributed by atoms with E-state index < -0.39 is 10.8 Å². The van der Waals surface area contributed by atoms with Gasteiger partial charge in [0.1, 0.15) is 23.0 Å². The molecule has 0 saturated heterocycles. The molecule has 0 saturated carbocycles. The third kappa shape index (κ3) is 10.4. The van der Waals surface area contributed by atoms with Gasteiger partial charge in [0.15, 0.2) is 11.6 Å². The molecule has 2 aliphatic carbocycles. The van der Waals surface area contributed by atoms with E-state index in [-0.39, 0.29) is 0 Å². The van der Waals surface area contributed by atoms with Crippen molar-refractivity contribution in [2.45, 2.75) is 10.8 Å². The molecule has 16 aromatic carbocycles.